The number of hydrogen-bond donors (Lipinski definition) is 8. The second-order valence-corrected chi connectivity index (χ2v) is 7.45. The van der Waals surface area contributed by atoms with Crippen LogP contribution in [0.15, 0.2) is 17.1 Å². The Balaban J connectivity index is 0.000000321. The summed E-state index contributed by atoms with van der Waals surface area (Å²) in [6, 6.07) is 1.37. The van der Waals surface area contributed by atoms with E-state index in [0.29, 0.717) is 0 Å². The van der Waals surface area contributed by atoms with Crippen LogP contribution in [0.5, 0.6) is 0 Å². The van der Waals surface area contributed by atoms with Crippen LogP contribution in [-0.2, 0) is 18.2 Å². The van der Waals surface area contributed by atoms with Crippen molar-refractivity contribution < 1.29 is 53.1 Å². The third kappa shape index (κ3) is 6.83. The van der Waals surface area contributed by atoms with Crippen LogP contribution < -0.4 is 11.4 Å². The minimum Gasteiger partial charge on any atom is -0.394 e. The molecule has 1 aromatic heterocycles. The third-order valence-corrected chi connectivity index (χ3v) is 4.56. The van der Waals surface area contributed by atoms with Crippen molar-refractivity contribution in [1.82, 2.24) is 9.55 Å². The molecule has 1 aliphatic rings. The first-order chi connectivity index (χ1) is 11.7. The van der Waals surface area contributed by atoms with E-state index >= 15 is 0 Å². The lowest BCUT2D eigenvalue weighted by atomic mass is 10.1. The molecule has 4 atom stereocenters. The molecule has 0 unspecified atom stereocenters. The van der Waals surface area contributed by atoms with Gasteiger partial charge in [-0.3, -0.25) is 4.57 Å². The fourth-order valence-corrected chi connectivity index (χ4v) is 2.98. The van der Waals surface area contributed by atoms with E-state index in [-0.39, 0.29) is 5.82 Å². The zero-order chi connectivity index (χ0) is 20.3. The zero-order valence-electron chi connectivity index (χ0n) is 12.7. The monoisotopic (exact) mass is 421 g/mol. The van der Waals surface area contributed by atoms with E-state index < -0.39 is 52.5 Å². The van der Waals surface area contributed by atoms with Crippen LogP contribution in [0.4, 0.5) is 5.82 Å². The minimum atomic E-state index is -5.05. The van der Waals surface area contributed by atoms with Crippen LogP contribution in [0.3, 0.4) is 0 Å². The van der Waals surface area contributed by atoms with E-state index in [1.165, 1.54) is 12.3 Å². The number of nitrogens with zero attached hydrogens (tertiary/aromatic N) is 2. The van der Waals surface area contributed by atoms with Crippen molar-refractivity contribution in [3.63, 3.8) is 0 Å². The molecule has 1 fully saturated rings. The van der Waals surface area contributed by atoms with E-state index in [0.717, 1.165) is 4.57 Å². The Labute approximate surface area is 144 Å². The quantitative estimate of drug-likeness (QED) is 0.221. The normalized spacial score (nSPS) is 26.3. The Morgan fingerprint density at radius 3 is 2.08 bits per heavy atom. The highest BCUT2D eigenvalue weighted by Crippen LogP contribution is 2.53. The van der Waals surface area contributed by atoms with E-state index in [1.54, 1.807) is 0 Å². The lowest BCUT2D eigenvalue weighted by molar-refractivity contribution is -0.0549. The maximum Gasteiger partial charge on any atom is 0.478 e. The topological polar surface area (TPSA) is 255 Å². The molecule has 0 spiro atoms. The SMILES string of the molecule is Nc1ccn([C@@H]2O[C@H](CO)[C@@H](O)[C@H]2O)c(=O)n1.O=P(O)(O)OP(=O)(O)O. The average Bonchev–Trinajstić information content (AvgIpc) is 2.72. The molecule has 0 bridgehead atoms. The standard InChI is InChI=1S/C9H13N3O5.H4O7P2/c10-5-1-2-12(9(16)11-5)8-7(15)6(14)4(3-13)17-8;1-8(2,3)7-9(4,5)6/h1-2,4,6-8,13-15H,3H2,(H2,10,11,16);(H2,1,2,3)(H2,4,5,6)/t4-,6-,7-,8-;/m1./s1. The van der Waals surface area contributed by atoms with Gasteiger partial charge in [-0.2, -0.15) is 9.29 Å². The van der Waals surface area contributed by atoms with Crippen molar-refractivity contribution in [3.05, 3.63) is 22.7 Å². The van der Waals surface area contributed by atoms with Gasteiger partial charge in [0.1, 0.15) is 24.1 Å². The van der Waals surface area contributed by atoms with Crippen LogP contribution in [0, 0.1) is 0 Å². The van der Waals surface area contributed by atoms with E-state index in [2.05, 4.69) is 9.29 Å². The van der Waals surface area contributed by atoms with Gasteiger partial charge in [0.15, 0.2) is 6.23 Å². The molecule has 0 amide bonds. The Morgan fingerprint density at radius 2 is 1.73 bits per heavy atom. The van der Waals surface area contributed by atoms with Crippen molar-refractivity contribution in [2.45, 2.75) is 24.5 Å². The number of nitrogens with two attached hydrogens (primary N) is 1. The number of rotatable bonds is 4. The Bertz CT molecular complexity index is 739. The van der Waals surface area contributed by atoms with Gasteiger partial charge in [0.05, 0.1) is 6.61 Å². The Kier molecular flexibility index (Phi) is 7.59. The summed E-state index contributed by atoms with van der Waals surface area (Å²) in [6.07, 6.45) is -3.27. The largest absolute Gasteiger partial charge is 0.478 e. The second-order valence-electron chi connectivity index (χ2n) is 4.83. The molecule has 0 radical (unpaired) electrons. The molecule has 1 aromatic rings. The van der Waals surface area contributed by atoms with Crippen LogP contribution in [0.1, 0.15) is 6.23 Å². The molecule has 15 nitrogen and oxygen atoms in total. The first-order valence-corrected chi connectivity index (χ1v) is 9.61. The molecule has 26 heavy (non-hydrogen) atoms. The molecule has 1 aliphatic heterocycles. The lowest BCUT2D eigenvalue weighted by Crippen LogP contribution is -2.36. The van der Waals surface area contributed by atoms with Crippen molar-refractivity contribution in [2.75, 3.05) is 12.3 Å². The van der Waals surface area contributed by atoms with Crippen LogP contribution in [0.25, 0.3) is 0 Å². The number of phosphoric acid groups is 2. The number of nitrogen functional groups attached to an aromatic ring is 1. The van der Waals surface area contributed by atoms with Gasteiger partial charge in [-0.15, -0.1) is 0 Å². The molecule has 17 heteroatoms. The summed E-state index contributed by atoms with van der Waals surface area (Å²) in [4.78, 5) is 46.0. The van der Waals surface area contributed by atoms with Crippen molar-refractivity contribution in [2.24, 2.45) is 0 Å². The molecule has 0 aliphatic carbocycles. The van der Waals surface area contributed by atoms with E-state index in [9.17, 15) is 24.1 Å². The number of aromatic nitrogens is 2. The molecular weight excluding hydrogens is 404 g/mol. The number of hydrogen-bond acceptors (Lipinski definition) is 10. The Morgan fingerprint density at radius 1 is 1.19 bits per heavy atom. The highest BCUT2D eigenvalue weighted by atomic mass is 31.3. The summed E-state index contributed by atoms with van der Waals surface area (Å²) in [6.45, 7) is -0.453. The van der Waals surface area contributed by atoms with Gasteiger partial charge in [-0.05, 0) is 6.07 Å². The Hall–Kier alpha value is -1.22. The van der Waals surface area contributed by atoms with E-state index in [1.807, 2.05) is 0 Å². The van der Waals surface area contributed by atoms with Crippen LogP contribution in [0.2, 0.25) is 0 Å². The van der Waals surface area contributed by atoms with Crippen LogP contribution >= 0.6 is 15.6 Å². The molecule has 1 saturated heterocycles. The van der Waals surface area contributed by atoms with Gasteiger partial charge >= 0.3 is 21.3 Å². The fraction of sp³-hybridized carbons (Fsp3) is 0.556. The fourth-order valence-electron chi connectivity index (χ4n) is 1.87. The summed E-state index contributed by atoms with van der Waals surface area (Å²) in [5, 5.41) is 28.2. The van der Waals surface area contributed by atoms with Gasteiger partial charge in [-0.25, -0.2) is 13.9 Å². The lowest BCUT2D eigenvalue weighted by Gasteiger charge is -2.16. The third-order valence-electron chi connectivity index (χ3n) is 2.86. The van der Waals surface area contributed by atoms with Crippen molar-refractivity contribution in [1.29, 1.82) is 0 Å². The summed E-state index contributed by atoms with van der Waals surface area (Å²) < 4.78 is 28.4. The second kappa shape index (κ2) is 8.65. The predicted octanol–water partition coefficient (Wildman–Crippen LogP) is -3.37. The molecule has 0 saturated carbocycles. The smallest absolute Gasteiger partial charge is 0.394 e. The maximum absolute atomic E-state index is 11.5. The highest BCUT2D eigenvalue weighted by Gasteiger charge is 2.43. The first-order valence-electron chi connectivity index (χ1n) is 6.54. The van der Waals surface area contributed by atoms with Crippen molar-refractivity contribution in [3.8, 4) is 0 Å². The number of aliphatic hydroxyl groups excluding tert-OH is 3. The molecular formula is C9H17N3O12P2. The predicted molar refractivity (Wildman–Crippen MR) is 81.1 cm³/mol. The molecule has 150 valence electrons. The summed E-state index contributed by atoms with van der Waals surface area (Å²) in [5.41, 5.74) is 4.63. The summed E-state index contributed by atoms with van der Waals surface area (Å²) in [5.74, 6) is 0.0537. The number of aliphatic hydroxyl groups is 3. The van der Waals surface area contributed by atoms with Crippen LogP contribution in [-0.4, -0.2) is 69.4 Å². The van der Waals surface area contributed by atoms with Gasteiger partial charge < -0.3 is 45.4 Å². The van der Waals surface area contributed by atoms with Gasteiger partial charge in [0, 0.05) is 6.20 Å². The minimum absolute atomic E-state index is 0.0537. The number of ether oxygens (including phenoxy) is 1. The molecule has 0 aromatic carbocycles. The zero-order valence-corrected chi connectivity index (χ0v) is 14.5. The van der Waals surface area contributed by atoms with Gasteiger partial charge in [0.25, 0.3) is 0 Å². The maximum atomic E-state index is 11.5. The average molecular weight is 421 g/mol. The van der Waals surface area contributed by atoms with Gasteiger partial charge in [0.2, 0.25) is 0 Å². The molecule has 2 rings (SSSR count). The van der Waals surface area contributed by atoms with E-state index in [4.69, 9.17) is 35.2 Å². The first kappa shape index (κ1) is 22.8. The molecule has 2 heterocycles. The van der Waals surface area contributed by atoms with Gasteiger partial charge in [-0.1, -0.05) is 0 Å². The highest BCUT2D eigenvalue weighted by molar-refractivity contribution is 7.60. The molecule has 9 N–H and O–H groups in total. The van der Waals surface area contributed by atoms with Crippen molar-refractivity contribution >= 4 is 21.5 Å². The summed E-state index contributed by atoms with van der Waals surface area (Å²) >= 11 is 0. The summed E-state index contributed by atoms with van der Waals surface area (Å²) in [7, 11) is -10.1. The number of anilines is 1.